The molecule has 1 fully saturated rings. The Balaban J connectivity index is 2.06. The number of fused-ring (bicyclic) bond motifs is 1. The van der Waals surface area contributed by atoms with Gasteiger partial charge in [-0.25, -0.2) is 4.79 Å². The molecule has 1 saturated carbocycles. The van der Waals surface area contributed by atoms with Crippen molar-refractivity contribution in [2.24, 2.45) is 22.7 Å². The van der Waals surface area contributed by atoms with Crippen molar-refractivity contribution >= 4 is 11.8 Å². The van der Waals surface area contributed by atoms with E-state index in [9.17, 15) is 19.8 Å². The highest BCUT2D eigenvalue weighted by atomic mass is 16.5. The molecule has 3 rings (SSSR count). The Bertz CT molecular complexity index is 697. The van der Waals surface area contributed by atoms with Gasteiger partial charge in [-0.3, -0.25) is 4.79 Å². The van der Waals surface area contributed by atoms with Crippen LogP contribution in [0.15, 0.2) is 35.1 Å². The van der Waals surface area contributed by atoms with Crippen LogP contribution in [0.4, 0.5) is 0 Å². The number of allylic oxidation sites excluding steroid dienone is 2. The van der Waals surface area contributed by atoms with Gasteiger partial charge in [-0.05, 0) is 29.2 Å². The fourth-order valence-electron chi connectivity index (χ4n) is 5.15. The summed E-state index contributed by atoms with van der Waals surface area (Å²) in [6, 6.07) is 0. The summed E-state index contributed by atoms with van der Waals surface area (Å²) >= 11 is 0. The van der Waals surface area contributed by atoms with Gasteiger partial charge in [0.25, 0.3) is 0 Å². The molecule has 1 heterocycles. The molecule has 0 aromatic carbocycles. The number of cyclic esters (lactones) is 1. The van der Waals surface area contributed by atoms with E-state index in [-0.39, 0.29) is 53.4 Å². The third-order valence-electron chi connectivity index (χ3n) is 6.22. The Hall–Kier alpha value is -1.88. The van der Waals surface area contributed by atoms with Crippen LogP contribution in [-0.2, 0) is 14.3 Å². The molecule has 3 atom stereocenters. The molecule has 0 radical (unpaired) electrons. The zero-order valence-electron chi connectivity index (χ0n) is 15.0. The maximum absolute atomic E-state index is 12.9. The number of aliphatic hydroxyl groups excluding tert-OH is 2. The summed E-state index contributed by atoms with van der Waals surface area (Å²) < 4.78 is 4.91. The first kappa shape index (κ1) is 17.9. The number of Topliss-reactive ketones (excluding diaryl/α,β-unsaturated/α-hetero) is 1. The second kappa shape index (κ2) is 6.13. The molecule has 0 amide bonds. The number of carbonyl (C=O) groups excluding carboxylic acids is 2. The Morgan fingerprint density at radius 3 is 2.60 bits per heavy atom. The molecule has 0 aromatic heterocycles. The third-order valence-corrected chi connectivity index (χ3v) is 6.22. The molecule has 25 heavy (non-hydrogen) atoms. The molecule has 2 N–H and O–H groups in total. The van der Waals surface area contributed by atoms with Crippen LogP contribution in [0.5, 0.6) is 0 Å². The lowest BCUT2D eigenvalue weighted by molar-refractivity contribution is -0.140. The molecule has 5 nitrogen and oxygen atoms in total. The van der Waals surface area contributed by atoms with E-state index in [0.717, 1.165) is 24.8 Å². The minimum atomic E-state index is -0.371. The summed E-state index contributed by atoms with van der Waals surface area (Å²) in [6.45, 7) is 6.12. The van der Waals surface area contributed by atoms with Gasteiger partial charge in [-0.15, -0.1) is 0 Å². The van der Waals surface area contributed by atoms with E-state index in [1.165, 1.54) is 6.08 Å². The maximum atomic E-state index is 12.9. The number of hydrogen-bond acceptors (Lipinski definition) is 5. The predicted octanol–water partition coefficient (Wildman–Crippen LogP) is 2.86. The second-order valence-corrected chi connectivity index (χ2v) is 8.34. The lowest BCUT2D eigenvalue weighted by atomic mass is 9.48. The van der Waals surface area contributed by atoms with E-state index >= 15 is 0 Å². The standard InChI is InChI=1S/C20H26O5/c1-19(2)7-4-8-20(3)14(6-5-12-9-15(22)25-11-12)13(10-21)16(23)17(24)18(19)20/h5-6,9,14,18,21,23H,4,7-8,10-11H2,1-3H3. The monoisotopic (exact) mass is 346 g/mol. The van der Waals surface area contributed by atoms with E-state index < -0.39 is 0 Å². The van der Waals surface area contributed by atoms with Crippen molar-refractivity contribution in [2.75, 3.05) is 13.2 Å². The SMILES string of the molecule is CC1(C)CCCC2(C)C(C=CC3=CC(=O)OC3)C(CO)=C(O)C(=O)C12. The van der Waals surface area contributed by atoms with E-state index in [4.69, 9.17) is 4.74 Å². The van der Waals surface area contributed by atoms with Gasteiger partial charge in [-0.1, -0.05) is 39.3 Å². The highest BCUT2D eigenvalue weighted by Crippen LogP contribution is 2.59. The highest BCUT2D eigenvalue weighted by molar-refractivity contribution is 5.98. The molecule has 3 unspecified atom stereocenters. The van der Waals surface area contributed by atoms with Gasteiger partial charge >= 0.3 is 5.97 Å². The third kappa shape index (κ3) is 2.84. The number of carbonyl (C=O) groups is 2. The van der Waals surface area contributed by atoms with Crippen LogP contribution in [0.3, 0.4) is 0 Å². The fourth-order valence-corrected chi connectivity index (χ4v) is 5.15. The van der Waals surface area contributed by atoms with Crippen LogP contribution in [0.1, 0.15) is 40.0 Å². The van der Waals surface area contributed by atoms with E-state index in [1.54, 1.807) is 0 Å². The summed E-state index contributed by atoms with van der Waals surface area (Å²) in [4.78, 5) is 24.1. The Kier molecular flexibility index (Phi) is 4.40. The van der Waals surface area contributed by atoms with Crippen molar-refractivity contribution in [3.05, 3.63) is 35.1 Å². The average Bonchev–Trinajstić information content (AvgIpc) is 2.94. The Morgan fingerprint density at radius 1 is 1.28 bits per heavy atom. The van der Waals surface area contributed by atoms with Crippen LogP contribution in [0, 0.1) is 22.7 Å². The number of rotatable bonds is 3. The smallest absolute Gasteiger partial charge is 0.331 e. The van der Waals surface area contributed by atoms with Crippen molar-refractivity contribution in [3.63, 3.8) is 0 Å². The molecule has 0 saturated heterocycles. The molecule has 2 aliphatic carbocycles. The Morgan fingerprint density at radius 2 is 2.00 bits per heavy atom. The van der Waals surface area contributed by atoms with Crippen molar-refractivity contribution in [2.45, 2.75) is 40.0 Å². The van der Waals surface area contributed by atoms with Gasteiger partial charge in [-0.2, -0.15) is 0 Å². The fraction of sp³-hybridized carbons (Fsp3) is 0.600. The highest BCUT2D eigenvalue weighted by Gasteiger charge is 2.57. The number of hydrogen-bond donors (Lipinski definition) is 2. The lowest BCUT2D eigenvalue weighted by Crippen LogP contribution is -2.54. The first-order valence-electron chi connectivity index (χ1n) is 8.83. The van der Waals surface area contributed by atoms with Crippen LogP contribution in [0.2, 0.25) is 0 Å². The zero-order valence-corrected chi connectivity index (χ0v) is 15.0. The molecule has 0 spiro atoms. The van der Waals surface area contributed by atoms with Crippen molar-refractivity contribution in [1.29, 1.82) is 0 Å². The number of aliphatic hydroxyl groups is 2. The first-order valence-corrected chi connectivity index (χ1v) is 8.83. The number of esters is 1. The molecule has 0 aromatic rings. The summed E-state index contributed by atoms with van der Waals surface area (Å²) in [7, 11) is 0. The van der Waals surface area contributed by atoms with Crippen LogP contribution in [0.25, 0.3) is 0 Å². The normalized spacial score (nSPS) is 35.0. The van der Waals surface area contributed by atoms with Crippen molar-refractivity contribution < 1.29 is 24.5 Å². The largest absolute Gasteiger partial charge is 0.504 e. The number of ether oxygens (including phenoxy) is 1. The Labute approximate surface area is 148 Å². The van der Waals surface area contributed by atoms with Crippen LogP contribution in [-0.4, -0.2) is 35.2 Å². The van der Waals surface area contributed by atoms with E-state index in [0.29, 0.717) is 5.57 Å². The van der Waals surface area contributed by atoms with Crippen LogP contribution < -0.4 is 0 Å². The van der Waals surface area contributed by atoms with Crippen molar-refractivity contribution in [1.82, 2.24) is 0 Å². The molecular formula is C20H26O5. The van der Waals surface area contributed by atoms with Gasteiger partial charge in [0.15, 0.2) is 5.76 Å². The first-order chi connectivity index (χ1) is 11.7. The molecule has 0 bridgehead atoms. The minimum Gasteiger partial charge on any atom is -0.504 e. The van der Waals surface area contributed by atoms with Gasteiger partial charge in [0.1, 0.15) is 6.61 Å². The average molecular weight is 346 g/mol. The summed E-state index contributed by atoms with van der Waals surface area (Å²) in [5, 5.41) is 20.3. The van der Waals surface area contributed by atoms with Gasteiger partial charge in [0, 0.05) is 23.5 Å². The molecule has 136 valence electrons. The summed E-state index contributed by atoms with van der Waals surface area (Å²) in [5.41, 5.74) is 0.554. The molecule has 1 aliphatic heterocycles. The number of ketones is 1. The van der Waals surface area contributed by atoms with Crippen LogP contribution >= 0.6 is 0 Å². The minimum absolute atomic E-state index is 0.211. The molecule has 3 aliphatic rings. The maximum Gasteiger partial charge on any atom is 0.331 e. The van der Waals surface area contributed by atoms with Gasteiger partial charge in [0.05, 0.1) is 6.61 Å². The van der Waals surface area contributed by atoms with E-state index in [1.807, 2.05) is 12.2 Å². The van der Waals surface area contributed by atoms with E-state index in [2.05, 4.69) is 20.8 Å². The zero-order chi connectivity index (χ0) is 18.4. The van der Waals surface area contributed by atoms with Gasteiger partial charge in [0.2, 0.25) is 5.78 Å². The molecule has 5 heteroatoms. The van der Waals surface area contributed by atoms with Gasteiger partial charge < -0.3 is 14.9 Å². The second-order valence-electron chi connectivity index (χ2n) is 8.34. The predicted molar refractivity (Wildman–Crippen MR) is 92.6 cm³/mol. The van der Waals surface area contributed by atoms with Crippen molar-refractivity contribution in [3.8, 4) is 0 Å². The quantitative estimate of drug-likeness (QED) is 0.768. The lowest BCUT2D eigenvalue weighted by Gasteiger charge is -2.55. The molecular weight excluding hydrogens is 320 g/mol. The summed E-state index contributed by atoms with van der Waals surface area (Å²) in [5.74, 6) is -1.45. The summed E-state index contributed by atoms with van der Waals surface area (Å²) in [6.07, 6.45) is 7.96. The topological polar surface area (TPSA) is 83.8 Å².